The van der Waals surface area contributed by atoms with Gasteiger partial charge in [-0.1, -0.05) is 26.8 Å². The third kappa shape index (κ3) is 4.24. The second kappa shape index (κ2) is 8.24. The van der Waals surface area contributed by atoms with Crippen molar-refractivity contribution in [3.05, 3.63) is 59.0 Å². The molecule has 1 fully saturated rings. The number of fused-ring (bicyclic) bond motifs is 2. The standard InChI is InChI=1S/C27H28F3NO5/c1-25(2,3)23-9-16-8-15(19(28)12-20(16)31(23)13-18(33)14-32)10-24(34)26(6-7-26)17-4-5-21-22(11-17)36-27(29,30)35-21/h4-5,8-9,11-12,18,32-33H,6-7,10,13-14H2,1-3H3/t18-/m1/s1. The van der Waals surface area contributed by atoms with Gasteiger partial charge < -0.3 is 24.3 Å². The summed E-state index contributed by atoms with van der Waals surface area (Å²) >= 11 is 0. The number of nitrogens with zero attached hydrogens (tertiary/aromatic N) is 1. The van der Waals surface area contributed by atoms with Crippen molar-refractivity contribution < 1.29 is 37.7 Å². The number of hydrogen-bond acceptors (Lipinski definition) is 5. The van der Waals surface area contributed by atoms with Gasteiger partial charge in [0, 0.05) is 22.9 Å². The molecule has 3 aromatic rings. The highest BCUT2D eigenvalue weighted by Crippen LogP contribution is 2.52. The second-order valence-electron chi connectivity index (χ2n) is 10.7. The maximum atomic E-state index is 15.3. The summed E-state index contributed by atoms with van der Waals surface area (Å²) in [5, 5.41) is 20.1. The zero-order chi connectivity index (χ0) is 26.0. The van der Waals surface area contributed by atoms with Crippen molar-refractivity contribution in [1.29, 1.82) is 0 Å². The Labute approximate surface area is 206 Å². The first-order chi connectivity index (χ1) is 16.8. The number of halogens is 3. The van der Waals surface area contributed by atoms with Crippen LogP contribution in [0.2, 0.25) is 0 Å². The van der Waals surface area contributed by atoms with E-state index in [0.717, 1.165) is 11.1 Å². The SMILES string of the molecule is CC(C)(C)c1cc2cc(CC(=O)C3(c4ccc5c(c4)OC(F)(F)O5)CC3)c(F)cc2n1C[C@@H](O)CO. The molecule has 2 N–H and O–H groups in total. The van der Waals surface area contributed by atoms with Crippen LogP contribution in [0.4, 0.5) is 13.2 Å². The minimum atomic E-state index is -3.74. The Morgan fingerprint density at radius 3 is 2.44 bits per heavy atom. The summed E-state index contributed by atoms with van der Waals surface area (Å²) in [6.45, 7) is 5.69. The van der Waals surface area contributed by atoms with Crippen LogP contribution in [0.5, 0.6) is 11.5 Å². The summed E-state index contributed by atoms with van der Waals surface area (Å²) in [5.41, 5.74) is 1.04. The normalized spacial score (nSPS) is 18.4. The maximum absolute atomic E-state index is 15.3. The Morgan fingerprint density at radius 2 is 1.81 bits per heavy atom. The molecule has 2 heterocycles. The van der Waals surface area contributed by atoms with Crippen LogP contribution in [0, 0.1) is 5.82 Å². The fourth-order valence-electron chi connectivity index (χ4n) is 5.00. The summed E-state index contributed by atoms with van der Waals surface area (Å²) in [4.78, 5) is 13.4. The van der Waals surface area contributed by atoms with Crippen molar-refractivity contribution in [3.63, 3.8) is 0 Å². The highest BCUT2D eigenvalue weighted by Gasteiger charge is 2.52. The minimum absolute atomic E-state index is 0.0889. The number of carbonyl (C=O) groups is 1. The molecule has 1 saturated carbocycles. The van der Waals surface area contributed by atoms with Gasteiger partial charge in [0.2, 0.25) is 0 Å². The van der Waals surface area contributed by atoms with E-state index >= 15 is 4.39 Å². The van der Waals surface area contributed by atoms with Gasteiger partial charge in [-0.05, 0) is 54.3 Å². The Morgan fingerprint density at radius 1 is 1.11 bits per heavy atom. The van der Waals surface area contributed by atoms with E-state index in [2.05, 4.69) is 9.47 Å². The summed E-state index contributed by atoms with van der Waals surface area (Å²) < 4.78 is 52.9. The topological polar surface area (TPSA) is 80.9 Å². The highest BCUT2D eigenvalue weighted by atomic mass is 19.3. The first kappa shape index (κ1) is 24.6. The van der Waals surface area contributed by atoms with Gasteiger partial charge in [0.25, 0.3) is 0 Å². The Hall–Kier alpha value is -3.04. The molecule has 2 aromatic carbocycles. The average molecular weight is 504 g/mol. The molecule has 0 radical (unpaired) electrons. The zero-order valence-corrected chi connectivity index (χ0v) is 20.3. The van der Waals surface area contributed by atoms with Gasteiger partial charge >= 0.3 is 6.29 Å². The van der Waals surface area contributed by atoms with Crippen LogP contribution in [-0.2, 0) is 28.6 Å². The molecule has 1 aliphatic heterocycles. The van der Waals surface area contributed by atoms with Crippen LogP contribution in [0.3, 0.4) is 0 Å². The number of aromatic nitrogens is 1. The van der Waals surface area contributed by atoms with E-state index in [1.807, 2.05) is 26.8 Å². The fourth-order valence-corrected chi connectivity index (χ4v) is 5.00. The molecule has 0 unspecified atom stereocenters. The first-order valence-electron chi connectivity index (χ1n) is 11.9. The summed E-state index contributed by atoms with van der Waals surface area (Å²) in [6.07, 6.45) is -3.82. The first-order valence-corrected chi connectivity index (χ1v) is 11.9. The van der Waals surface area contributed by atoms with Gasteiger partial charge in [0.1, 0.15) is 11.6 Å². The number of rotatable bonds is 7. The molecule has 9 heteroatoms. The predicted octanol–water partition coefficient (Wildman–Crippen LogP) is 4.60. The number of alkyl halides is 2. The summed E-state index contributed by atoms with van der Waals surface area (Å²) in [6, 6.07) is 9.27. The van der Waals surface area contributed by atoms with Gasteiger partial charge in [-0.15, -0.1) is 8.78 Å². The number of ketones is 1. The van der Waals surface area contributed by atoms with Gasteiger partial charge in [-0.25, -0.2) is 4.39 Å². The second-order valence-corrected chi connectivity index (χ2v) is 10.7. The van der Waals surface area contributed by atoms with Crippen molar-refractivity contribution in [2.75, 3.05) is 6.61 Å². The monoisotopic (exact) mass is 503 g/mol. The molecule has 1 atom stereocenters. The third-order valence-electron chi connectivity index (χ3n) is 7.03. The Bertz CT molecular complexity index is 1350. The highest BCUT2D eigenvalue weighted by molar-refractivity contribution is 5.95. The van der Waals surface area contributed by atoms with E-state index in [9.17, 15) is 23.8 Å². The van der Waals surface area contributed by atoms with Crippen LogP contribution >= 0.6 is 0 Å². The fraction of sp³-hybridized carbons (Fsp3) is 0.444. The van der Waals surface area contributed by atoms with Crippen LogP contribution in [0.1, 0.15) is 50.4 Å². The number of ether oxygens (including phenoxy) is 2. The van der Waals surface area contributed by atoms with E-state index in [4.69, 9.17) is 0 Å². The van der Waals surface area contributed by atoms with E-state index in [1.165, 1.54) is 18.2 Å². The lowest BCUT2D eigenvalue weighted by Crippen LogP contribution is -2.26. The summed E-state index contributed by atoms with van der Waals surface area (Å²) in [7, 11) is 0. The van der Waals surface area contributed by atoms with Crippen LogP contribution in [0.25, 0.3) is 10.9 Å². The third-order valence-corrected chi connectivity index (χ3v) is 7.03. The molecule has 0 bridgehead atoms. The largest absolute Gasteiger partial charge is 0.586 e. The van der Waals surface area contributed by atoms with Crippen LogP contribution in [0.15, 0.2) is 36.4 Å². The molecule has 0 spiro atoms. The lowest BCUT2D eigenvalue weighted by Gasteiger charge is -2.23. The van der Waals surface area contributed by atoms with Crippen molar-refractivity contribution in [3.8, 4) is 11.5 Å². The van der Waals surface area contributed by atoms with Crippen molar-refractivity contribution in [2.24, 2.45) is 0 Å². The molecule has 192 valence electrons. The number of aliphatic hydroxyl groups is 2. The molecule has 36 heavy (non-hydrogen) atoms. The number of benzene rings is 2. The number of hydrogen-bond donors (Lipinski definition) is 2. The molecule has 0 saturated heterocycles. The Balaban J connectivity index is 1.46. The Kier molecular flexibility index (Phi) is 5.64. The molecular formula is C27H28F3NO5. The molecular weight excluding hydrogens is 475 g/mol. The molecule has 1 aromatic heterocycles. The number of Topliss-reactive ketones (excluding diaryl/α,β-unsaturated/α-hetero) is 1. The van der Waals surface area contributed by atoms with Gasteiger partial charge in [0.15, 0.2) is 11.5 Å². The van der Waals surface area contributed by atoms with Crippen LogP contribution < -0.4 is 9.47 Å². The number of aliphatic hydroxyl groups excluding tert-OH is 2. The molecule has 6 nitrogen and oxygen atoms in total. The van der Waals surface area contributed by atoms with Crippen molar-refractivity contribution in [1.82, 2.24) is 4.57 Å². The van der Waals surface area contributed by atoms with E-state index < -0.39 is 30.2 Å². The van der Waals surface area contributed by atoms with E-state index in [-0.39, 0.29) is 41.2 Å². The average Bonchev–Trinajstić information content (AvgIpc) is 3.44. The molecule has 1 aliphatic carbocycles. The maximum Gasteiger partial charge on any atom is 0.586 e. The van der Waals surface area contributed by atoms with Crippen molar-refractivity contribution in [2.45, 2.75) is 69.8 Å². The van der Waals surface area contributed by atoms with Crippen LogP contribution in [-0.4, -0.2) is 39.6 Å². The van der Waals surface area contributed by atoms with Gasteiger partial charge in [-0.3, -0.25) is 4.79 Å². The quantitative estimate of drug-likeness (QED) is 0.493. The smallest absolute Gasteiger partial charge is 0.395 e. The number of carbonyl (C=O) groups excluding carboxylic acids is 1. The molecule has 0 amide bonds. The van der Waals surface area contributed by atoms with Gasteiger partial charge in [-0.2, -0.15) is 0 Å². The van der Waals surface area contributed by atoms with E-state index in [1.54, 1.807) is 16.7 Å². The summed E-state index contributed by atoms with van der Waals surface area (Å²) in [5.74, 6) is -0.952. The van der Waals surface area contributed by atoms with Crippen molar-refractivity contribution >= 4 is 16.7 Å². The molecule has 2 aliphatic rings. The zero-order valence-electron chi connectivity index (χ0n) is 20.3. The van der Waals surface area contributed by atoms with Gasteiger partial charge in [0.05, 0.1) is 30.2 Å². The van der Waals surface area contributed by atoms with E-state index in [0.29, 0.717) is 23.9 Å². The minimum Gasteiger partial charge on any atom is -0.395 e. The lowest BCUT2D eigenvalue weighted by atomic mass is 9.87. The molecule has 5 rings (SSSR count). The predicted molar refractivity (Wildman–Crippen MR) is 126 cm³/mol. The lowest BCUT2D eigenvalue weighted by molar-refractivity contribution is -0.286.